The average Bonchev–Trinajstić information content (AvgIpc) is 2.37. The highest BCUT2D eigenvalue weighted by atomic mass is 16.3. The Morgan fingerprint density at radius 1 is 1.44 bits per heavy atom. The topological polar surface area (TPSA) is 57.5 Å². The molecule has 0 spiro atoms. The van der Waals surface area contributed by atoms with Crippen molar-refractivity contribution >= 4 is 6.29 Å². The smallest absolute Gasteiger partial charge is 0.145 e. The first-order valence-corrected chi connectivity index (χ1v) is 6.13. The molecule has 18 heavy (non-hydrogen) atoms. The van der Waals surface area contributed by atoms with E-state index in [2.05, 4.69) is 0 Å². The lowest BCUT2D eigenvalue weighted by Gasteiger charge is -2.13. The van der Waals surface area contributed by atoms with E-state index in [4.69, 9.17) is 5.11 Å². The van der Waals surface area contributed by atoms with Gasteiger partial charge in [0.05, 0.1) is 6.61 Å². The number of hydrogen-bond donors (Lipinski definition) is 2. The Kier molecular flexibility index (Phi) is 5.59. The molecule has 0 aliphatic rings. The number of phenols is 1. The highest BCUT2D eigenvalue weighted by Gasteiger charge is 2.10. The Morgan fingerprint density at radius 3 is 2.72 bits per heavy atom. The highest BCUT2D eigenvalue weighted by molar-refractivity contribution is 5.71. The number of rotatable bonds is 6. The molecule has 3 nitrogen and oxygen atoms in total. The third kappa shape index (κ3) is 4.00. The van der Waals surface area contributed by atoms with Crippen LogP contribution in [0.2, 0.25) is 0 Å². The number of allylic oxidation sites excluding steroid dienone is 2. The summed E-state index contributed by atoms with van der Waals surface area (Å²) >= 11 is 0. The maximum absolute atomic E-state index is 10.4. The molecule has 2 N–H and O–H groups in total. The minimum Gasteiger partial charge on any atom is -0.508 e. The molecule has 3 heteroatoms. The van der Waals surface area contributed by atoms with Crippen molar-refractivity contribution in [1.29, 1.82) is 0 Å². The molecule has 1 atom stereocenters. The molecule has 0 aliphatic carbocycles. The van der Waals surface area contributed by atoms with Crippen molar-refractivity contribution in [3.63, 3.8) is 0 Å². The number of carbonyl (C=O) groups excluding carboxylic acids is 1. The number of aliphatic hydroxyl groups is 1. The molecule has 0 saturated heterocycles. The van der Waals surface area contributed by atoms with Crippen LogP contribution in [0.3, 0.4) is 0 Å². The Labute approximate surface area is 108 Å². The summed E-state index contributed by atoms with van der Waals surface area (Å²) in [5.41, 5.74) is 2.33. The maximum Gasteiger partial charge on any atom is 0.145 e. The summed E-state index contributed by atoms with van der Waals surface area (Å²) in [5, 5.41) is 18.8. The third-order valence-corrected chi connectivity index (χ3v) is 3.06. The van der Waals surface area contributed by atoms with Gasteiger partial charge >= 0.3 is 0 Å². The van der Waals surface area contributed by atoms with Crippen LogP contribution in [0.25, 0.3) is 0 Å². The van der Waals surface area contributed by atoms with Gasteiger partial charge in [0.1, 0.15) is 12.0 Å². The first-order valence-electron chi connectivity index (χ1n) is 6.13. The summed E-state index contributed by atoms with van der Waals surface area (Å²) < 4.78 is 0. The minimum absolute atomic E-state index is 0.0660. The average molecular weight is 248 g/mol. The van der Waals surface area contributed by atoms with Crippen LogP contribution in [0.1, 0.15) is 43.7 Å². The Balaban J connectivity index is 2.67. The molecule has 1 aromatic carbocycles. The predicted molar refractivity (Wildman–Crippen MR) is 71.5 cm³/mol. The van der Waals surface area contributed by atoms with Crippen LogP contribution in [-0.2, 0) is 11.4 Å². The van der Waals surface area contributed by atoms with Crippen LogP contribution in [-0.4, -0.2) is 16.5 Å². The zero-order valence-corrected chi connectivity index (χ0v) is 10.9. The van der Waals surface area contributed by atoms with Gasteiger partial charge in [-0.2, -0.15) is 0 Å². The van der Waals surface area contributed by atoms with Crippen LogP contribution < -0.4 is 0 Å². The van der Waals surface area contributed by atoms with Crippen molar-refractivity contribution in [1.82, 2.24) is 0 Å². The van der Waals surface area contributed by atoms with Gasteiger partial charge in [-0.05, 0) is 48.4 Å². The van der Waals surface area contributed by atoms with E-state index in [1.54, 1.807) is 13.0 Å². The molecular formula is C15H20O3. The van der Waals surface area contributed by atoms with Crippen molar-refractivity contribution in [2.45, 2.75) is 39.2 Å². The van der Waals surface area contributed by atoms with E-state index in [0.717, 1.165) is 30.3 Å². The van der Waals surface area contributed by atoms with Crippen LogP contribution in [0, 0.1) is 0 Å². The van der Waals surface area contributed by atoms with Gasteiger partial charge in [-0.15, -0.1) is 0 Å². The first kappa shape index (κ1) is 14.5. The number of aromatic hydroxyl groups is 1. The van der Waals surface area contributed by atoms with Gasteiger partial charge < -0.3 is 10.2 Å². The van der Waals surface area contributed by atoms with Crippen LogP contribution in [0.5, 0.6) is 5.75 Å². The van der Waals surface area contributed by atoms with Gasteiger partial charge in [-0.1, -0.05) is 25.1 Å². The lowest BCUT2D eigenvalue weighted by Crippen LogP contribution is -1.95. The van der Waals surface area contributed by atoms with E-state index in [9.17, 15) is 9.90 Å². The molecule has 1 aromatic rings. The van der Waals surface area contributed by atoms with Crippen molar-refractivity contribution in [2.75, 3.05) is 0 Å². The summed E-state index contributed by atoms with van der Waals surface area (Å²) in [7, 11) is 0. The molecule has 0 aromatic heterocycles. The number of benzene rings is 1. The summed E-state index contributed by atoms with van der Waals surface area (Å²) in [6.45, 7) is 3.76. The molecule has 0 aliphatic heterocycles. The first-order chi connectivity index (χ1) is 8.58. The molecule has 1 unspecified atom stereocenters. The van der Waals surface area contributed by atoms with Gasteiger partial charge in [0, 0.05) is 0 Å². The quantitative estimate of drug-likeness (QED) is 0.601. The fourth-order valence-electron chi connectivity index (χ4n) is 1.87. The van der Waals surface area contributed by atoms with Crippen molar-refractivity contribution in [3.8, 4) is 5.75 Å². The van der Waals surface area contributed by atoms with E-state index >= 15 is 0 Å². The lowest BCUT2D eigenvalue weighted by molar-refractivity contribution is -0.104. The zero-order chi connectivity index (χ0) is 13.5. The SMILES string of the molecule is C/C(C=O)=C\CCC(C)c1ccc(CO)cc1O. The van der Waals surface area contributed by atoms with E-state index in [1.165, 1.54) is 0 Å². The summed E-state index contributed by atoms with van der Waals surface area (Å²) in [6, 6.07) is 5.26. The normalized spacial score (nSPS) is 13.4. The summed E-state index contributed by atoms with van der Waals surface area (Å²) in [4.78, 5) is 10.4. The number of aldehydes is 1. The van der Waals surface area contributed by atoms with E-state index < -0.39 is 0 Å². The second kappa shape index (κ2) is 6.97. The third-order valence-electron chi connectivity index (χ3n) is 3.06. The summed E-state index contributed by atoms with van der Waals surface area (Å²) in [6.07, 6.45) is 4.44. The molecular weight excluding hydrogens is 228 g/mol. The molecule has 98 valence electrons. The second-order valence-electron chi connectivity index (χ2n) is 4.60. The largest absolute Gasteiger partial charge is 0.508 e. The lowest BCUT2D eigenvalue weighted by atomic mass is 9.94. The number of hydrogen-bond acceptors (Lipinski definition) is 3. The molecule has 0 heterocycles. The van der Waals surface area contributed by atoms with Gasteiger partial charge in [0.15, 0.2) is 0 Å². The van der Waals surface area contributed by atoms with Crippen molar-refractivity contribution in [2.24, 2.45) is 0 Å². The fraction of sp³-hybridized carbons (Fsp3) is 0.400. The Hall–Kier alpha value is -1.61. The van der Waals surface area contributed by atoms with Crippen LogP contribution >= 0.6 is 0 Å². The van der Waals surface area contributed by atoms with E-state index in [0.29, 0.717) is 5.56 Å². The van der Waals surface area contributed by atoms with Crippen LogP contribution in [0.4, 0.5) is 0 Å². The van der Waals surface area contributed by atoms with Crippen molar-refractivity contribution < 1.29 is 15.0 Å². The van der Waals surface area contributed by atoms with E-state index in [1.807, 2.05) is 25.1 Å². The fourth-order valence-corrected chi connectivity index (χ4v) is 1.87. The molecule has 1 rings (SSSR count). The van der Waals surface area contributed by atoms with Crippen molar-refractivity contribution in [3.05, 3.63) is 41.0 Å². The Bertz CT molecular complexity index is 435. The predicted octanol–water partition coefficient (Wildman–Crippen LogP) is 2.91. The Morgan fingerprint density at radius 2 is 2.17 bits per heavy atom. The molecule has 0 radical (unpaired) electrons. The van der Waals surface area contributed by atoms with Gasteiger partial charge in [-0.3, -0.25) is 4.79 Å². The van der Waals surface area contributed by atoms with E-state index in [-0.39, 0.29) is 18.3 Å². The van der Waals surface area contributed by atoms with Crippen LogP contribution in [0.15, 0.2) is 29.8 Å². The standard InChI is InChI=1S/C15H20O3/c1-11(9-16)4-3-5-12(2)14-7-6-13(10-17)8-15(14)18/h4,6-9,12,17-18H,3,5,10H2,1-2H3/b11-4+. The molecule has 0 fully saturated rings. The second-order valence-corrected chi connectivity index (χ2v) is 4.60. The number of phenolic OH excluding ortho intramolecular Hbond substituents is 1. The monoisotopic (exact) mass is 248 g/mol. The van der Waals surface area contributed by atoms with Gasteiger partial charge in [0.25, 0.3) is 0 Å². The maximum atomic E-state index is 10.4. The number of carbonyl (C=O) groups is 1. The summed E-state index contributed by atoms with van der Waals surface area (Å²) in [5.74, 6) is 0.443. The number of aliphatic hydroxyl groups excluding tert-OH is 1. The zero-order valence-electron chi connectivity index (χ0n) is 10.9. The molecule has 0 amide bonds. The van der Waals surface area contributed by atoms with Gasteiger partial charge in [-0.25, -0.2) is 0 Å². The molecule has 0 saturated carbocycles. The minimum atomic E-state index is -0.0660. The highest BCUT2D eigenvalue weighted by Crippen LogP contribution is 2.29. The van der Waals surface area contributed by atoms with Gasteiger partial charge in [0.2, 0.25) is 0 Å². The molecule has 0 bridgehead atoms.